The molecule has 0 unspecified atom stereocenters. The van der Waals surface area contributed by atoms with Gasteiger partial charge in [-0.05, 0) is 68.2 Å². The number of anilines is 1. The molecule has 146 valence electrons. The number of amides is 2. The molecule has 1 N–H and O–H groups in total. The molecule has 2 rings (SSSR count). The molecule has 27 heavy (non-hydrogen) atoms. The SMILES string of the molecule is Cc1oc(C)c(C(=O)Nc2cccc(CN(C)C(=O)OC(C)(C)C)c2)c1Br. The van der Waals surface area contributed by atoms with Crippen LogP contribution >= 0.6 is 15.9 Å². The number of halogens is 1. The Bertz CT molecular complexity index is 852. The lowest BCUT2D eigenvalue weighted by atomic mass is 10.1. The number of rotatable bonds is 4. The molecule has 0 aliphatic carbocycles. The fraction of sp³-hybridized carbons (Fsp3) is 0.400. The second-order valence-corrected chi connectivity index (χ2v) is 8.19. The van der Waals surface area contributed by atoms with Crippen LogP contribution in [0.5, 0.6) is 0 Å². The Morgan fingerprint density at radius 2 is 1.89 bits per heavy atom. The molecule has 0 saturated carbocycles. The number of hydrogen-bond acceptors (Lipinski definition) is 4. The third-order valence-corrected chi connectivity index (χ3v) is 4.68. The van der Waals surface area contributed by atoms with Gasteiger partial charge in [0, 0.05) is 19.3 Å². The molecule has 0 aliphatic heterocycles. The molecular formula is C20H25BrN2O4. The first kappa shape index (κ1) is 21.0. The van der Waals surface area contributed by atoms with Crippen LogP contribution in [-0.2, 0) is 11.3 Å². The lowest BCUT2D eigenvalue weighted by Crippen LogP contribution is -2.33. The number of benzene rings is 1. The predicted molar refractivity (Wildman–Crippen MR) is 108 cm³/mol. The summed E-state index contributed by atoms with van der Waals surface area (Å²) in [6, 6.07) is 7.34. The molecule has 7 heteroatoms. The van der Waals surface area contributed by atoms with Gasteiger partial charge in [0.05, 0.1) is 10.0 Å². The van der Waals surface area contributed by atoms with Crippen molar-refractivity contribution in [1.82, 2.24) is 4.90 Å². The first-order valence-corrected chi connectivity index (χ1v) is 9.37. The minimum Gasteiger partial charge on any atom is -0.465 e. The van der Waals surface area contributed by atoms with E-state index in [0.717, 1.165) is 5.56 Å². The van der Waals surface area contributed by atoms with Crippen molar-refractivity contribution in [1.29, 1.82) is 0 Å². The Hall–Kier alpha value is -2.28. The van der Waals surface area contributed by atoms with Crippen molar-refractivity contribution in [2.45, 2.75) is 46.8 Å². The van der Waals surface area contributed by atoms with Gasteiger partial charge in [0.15, 0.2) is 0 Å². The number of aryl methyl sites for hydroxylation is 2. The summed E-state index contributed by atoms with van der Waals surface area (Å²) >= 11 is 3.39. The minimum absolute atomic E-state index is 0.256. The second-order valence-electron chi connectivity index (χ2n) is 7.39. The summed E-state index contributed by atoms with van der Waals surface area (Å²) in [7, 11) is 1.67. The van der Waals surface area contributed by atoms with E-state index >= 15 is 0 Å². The van der Waals surface area contributed by atoms with Crippen molar-refractivity contribution in [2.24, 2.45) is 0 Å². The van der Waals surface area contributed by atoms with Gasteiger partial charge in [-0.25, -0.2) is 4.79 Å². The van der Waals surface area contributed by atoms with Crippen molar-refractivity contribution in [2.75, 3.05) is 12.4 Å². The molecule has 1 heterocycles. The first-order valence-electron chi connectivity index (χ1n) is 8.58. The predicted octanol–water partition coefficient (Wildman–Crippen LogP) is 5.28. The normalized spacial score (nSPS) is 11.2. The lowest BCUT2D eigenvalue weighted by Gasteiger charge is -2.24. The topological polar surface area (TPSA) is 71.8 Å². The molecular weight excluding hydrogens is 412 g/mol. The van der Waals surface area contributed by atoms with E-state index in [1.54, 1.807) is 27.0 Å². The number of carbonyl (C=O) groups excluding carboxylic acids is 2. The van der Waals surface area contributed by atoms with E-state index in [2.05, 4.69) is 21.2 Å². The Labute approximate surface area is 168 Å². The minimum atomic E-state index is -0.546. The van der Waals surface area contributed by atoms with E-state index < -0.39 is 11.7 Å². The summed E-state index contributed by atoms with van der Waals surface area (Å²) in [5.74, 6) is 0.956. The fourth-order valence-electron chi connectivity index (χ4n) is 2.53. The van der Waals surface area contributed by atoms with Crippen LogP contribution in [0, 0.1) is 13.8 Å². The summed E-state index contributed by atoms with van der Waals surface area (Å²) in [6.45, 7) is 9.39. The molecule has 0 bridgehead atoms. The third kappa shape index (κ3) is 5.60. The number of nitrogens with zero attached hydrogens (tertiary/aromatic N) is 1. The standard InChI is InChI=1S/C20H25BrN2O4/c1-12-16(17(21)13(2)26-12)18(24)22-15-9-7-8-14(10-15)11-23(6)19(25)27-20(3,4)5/h7-10H,11H2,1-6H3,(H,22,24). The van der Waals surface area contributed by atoms with Crippen LogP contribution in [-0.4, -0.2) is 29.5 Å². The molecule has 0 spiro atoms. The van der Waals surface area contributed by atoms with Crippen molar-refractivity contribution in [3.8, 4) is 0 Å². The molecule has 1 aromatic heterocycles. The Morgan fingerprint density at radius 1 is 1.22 bits per heavy atom. The maximum absolute atomic E-state index is 12.6. The summed E-state index contributed by atoms with van der Waals surface area (Å²) in [5.41, 5.74) is 1.44. The van der Waals surface area contributed by atoms with Gasteiger partial charge in [0.25, 0.3) is 5.91 Å². The smallest absolute Gasteiger partial charge is 0.410 e. The van der Waals surface area contributed by atoms with Gasteiger partial charge in [0.1, 0.15) is 17.1 Å². The average molecular weight is 437 g/mol. The zero-order chi connectivity index (χ0) is 20.4. The third-order valence-electron chi connectivity index (χ3n) is 3.72. The van der Waals surface area contributed by atoms with Gasteiger partial charge in [-0.2, -0.15) is 0 Å². The zero-order valence-corrected chi connectivity index (χ0v) is 18.1. The molecule has 6 nitrogen and oxygen atoms in total. The molecule has 0 atom stereocenters. The lowest BCUT2D eigenvalue weighted by molar-refractivity contribution is 0.0285. The Morgan fingerprint density at radius 3 is 2.44 bits per heavy atom. The highest BCUT2D eigenvalue weighted by Gasteiger charge is 2.21. The molecule has 0 aliphatic rings. The van der Waals surface area contributed by atoms with E-state index in [4.69, 9.17) is 9.15 Å². The van der Waals surface area contributed by atoms with Gasteiger partial charge in [-0.1, -0.05) is 12.1 Å². The van der Waals surface area contributed by atoms with E-state index in [-0.39, 0.29) is 5.91 Å². The highest BCUT2D eigenvalue weighted by atomic mass is 79.9. The summed E-state index contributed by atoms with van der Waals surface area (Å²) in [4.78, 5) is 26.2. The molecule has 2 amide bonds. The van der Waals surface area contributed by atoms with Gasteiger partial charge in [-0.3, -0.25) is 4.79 Å². The van der Waals surface area contributed by atoms with Crippen LogP contribution in [0.25, 0.3) is 0 Å². The molecule has 0 fully saturated rings. The van der Waals surface area contributed by atoms with Crippen LogP contribution in [0.3, 0.4) is 0 Å². The van der Waals surface area contributed by atoms with Crippen molar-refractivity contribution in [3.63, 3.8) is 0 Å². The average Bonchev–Trinajstić information content (AvgIpc) is 2.78. The number of ether oxygens (including phenoxy) is 1. The zero-order valence-electron chi connectivity index (χ0n) is 16.5. The van der Waals surface area contributed by atoms with Crippen LogP contribution in [0.4, 0.5) is 10.5 Å². The molecule has 0 saturated heterocycles. The van der Waals surface area contributed by atoms with E-state index in [1.165, 1.54) is 4.90 Å². The van der Waals surface area contributed by atoms with Gasteiger partial charge in [-0.15, -0.1) is 0 Å². The van der Waals surface area contributed by atoms with E-state index in [9.17, 15) is 9.59 Å². The van der Waals surface area contributed by atoms with Crippen molar-refractivity contribution < 1.29 is 18.7 Å². The fourth-order valence-corrected chi connectivity index (χ4v) is 3.08. The van der Waals surface area contributed by atoms with Gasteiger partial charge >= 0.3 is 6.09 Å². The highest BCUT2D eigenvalue weighted by molar-refractivity contribution is 9.10. The quantitative estimate of drug-likeness (QED) is 0.707. The van der Waals surface area contributed by atoms with E-state index in [1.807, 2.05) is 39.0 Å². The molecule has 1 aromatic carbocycles. The van der Waals surface area contributed by atoms with E-state index in [0.29, 0.717) is 33.8 Å². The highest BCUT2D eigenvalue weighted by Crippen LogP contribution is 2.28. The van der Waals surface area contributed by atoms with Crippen LogP contribution in [0.15, 0.2) is 33.2 Å². The van der Waals surface area contributed by atoms with Crippen LogP contribution in [0.1, 0.15) is 48.2 Å². The largest absolute Gasteiger partial charge is 0.465 e. The van der Waals surface area contributed by atoms with Crippen molar-refractivity contribution >= 4 is 33.6 Å². The summed E-state index contributed by atoms with van der Waals surface area (Å²) in [6.07, 6.45) is -0.398. The summed E-state index contributed by atoms with van der Waals surface area (Å²) < 4.78 is 11.5. The van der Waals surface area contributed by atoms with Gasteiger partial charge in [0.2, 0.25) is 0 Å². The summed E-state index contributed by atoms with van der Waals surface area (Å²) in [5, 5.41) is 2.87. The van der Waals surface area contributed by atoms with Crippen LogP contribution in [0.2, 0.25) is 0 Å². The van der Waals surface area contributed by atoms with Gasteiger partial charge < -0.3 is 19.4 Å². The van der Waals surface area contributed by atoms with Crippen LogP contribution < -0.4 is 5.32 Å². The maximum atomic E-state index is 12.6. The second kappa shape index (κ2) is 8.17. The molecule has 0 radical (unpaired) electrons. The van der Waals surface area contributed by atoms with Crippen molar-refractivity contribution in [3.05, 3.63) is 51.4 Å². The number of hydrogen-bond donors (Lipinski definition) is 1. The Balaban J connectivity index is 2.09. The number of furan rings is 1. The molecule has 2 aromatic rings. The Kier molecular flexibility index (Phi) is 6.36. The monoisotopic (exact) mass is 436 g/mol. The first-order chi connectivity index (χ1) is 12.5. The maximum Gasteiger partial charge on any atom is 0.410 e. The number of nitrogens with one attached hydrogen (secondary N) is 1. The number of carbonyl (C=O) groups is 2.